The van der Waals surface area contributed by atoms with Crippen LogP contribution in [-0.2, 0) is 9.84 Å². The summed E-state index contributed by atoms with van der Waals surface area (Å²) in [6.45, 7) is 6.65. The minimum Gasteiger partial charge on any atom is -0.486 e. The summed E-state index contributed by atoms with van der Waals surface area (Å²) < 4.78 is 36.9. The van der Waals surface area contributed by atoms with E-state index in [-0.39, 0.29) is 17.4 Å². The number of aromatic nitrogens is 1. The summed E-state index contributed by atoms with van der Waals surface area (Å²) in [6, 6.07) is 7.53. The number of sulfone groups is 1. The average Bonchev–Trinajstić information content (AvgIpc) is 3.09. The summed E-state index contributed by atoms with van der Waals surface area (Å²) in [5.41, 5.74) is 2.39. The number of fused-ring (bicyclic) bond motifs is 1. The monoisotopic (exact) mass is 404 g/mol. The highest BCUT2D eigenvalue weighted by molar-refractivity contribution is 7.91. The van der Waals surface area contributed by atoms with Crippen molar-refractivity contribution in [2.45, 2.75) is 32.7 Å². The molecule has 4 rings (SSSR count). The molecule has 3 heterocycles. The van der Waals surface area contributed by atoms with E-state index in [1.54, 1.807) is 6.92 Å². The first-order chi connectivity index (χ1) is 13.2. The Morgan fingerprint density at radius 3 is 2.54 bits per heavy atom. The zero-order valence-electron chi connectivity index (χ0n) is 16.2. The van der Waals surface area contributed by atoms with Gasteiger partial charge in [0.1, 0.15) is 13.2 Å². The van der Waals surface area contributed by atoms with Gasteiger partial charge in [-0.1, -0.05) is 0 Å². The number of aryl methyl sites for hydroxylation is 1. The molecule has 0 radical (unpaired) electrons. The maximum absolute atomic E-state index is 12.9. The zero-order valence-corrected chi connectivity index (χ0v) is 17.1. The van der Waals surface area contributed by atoms with Gasteiger partial charge < -0.3 is 19.4 Å². The first kappa shape index (κ1) is 18.9. The number of amides is 1. The van der Waals surface area contributed by atoms with Gasteiger partial charge in [0.25, 0.3) is 5.91 Å². The quantitative estimate of drug-likeness (QED) is 0.847. The van der Waals surface area contributed by atoms with E-state index < -0.39 is 15.4 Å². The number of carbonyl (C=O) groups excluding carboxylic acids is 1. The molecule has 0 saturated carbocycles. The van der Waals surface area contributed by atoms with Crippen LogP contribution in [0.4, 0.5) is 0 Å². The van der Waals surface area contributed by atoms with Crippen LogP contribution in [0.15, 0.2) is 24.3 Å². The minimum atomic E-state index is -3.09. The van der Waals surface area contributed by atoms with Gasteiger partial charge in [-0.25, -0.2) is 8.42 Å². The molecule has 7 nitrogen and oxygen atoms in total. The second-order valence-corrected chi connectivity index (χ2v) is 9.99. The van der Waals surface area contributed by atoms with Crippen molar-refractivity contribution < 1.29 is 22.7 Å². The average molecular weight is 404 g/mol. The molecule has 1 saturated heterocycles. The first-order valence-electron chi connectivity index (χ1n) is 9.29. The molecule has 1 aromatic heterocycles. The number of ether oxygens (including phenoxy) is 2. The Kier molecular flexibility index (Phi) is 4.41. The Morgan fingerprint density at radius 1 is 1.14 bits per heavy atom. The van der Waals surface area contributed by atoms with E-state index in [1.165, 1.54) is 0 Å². The van der Waals surface area contributed by atoms with E-state index in [0.29, 0.717) is 36.7 Å². The molecule has 150 valence electrons. The van der Waals surface area contributed by atoms with Crippen molar-refractivity contribution in [3.8, 4) is 17.2 Å². The molecule has 0 spiro atoms. The lowest BCUT2D eigenvalue weighted by atomic mass is 10.0. The molecule has 28 heavy (non-hydrogen) atoms. The third kappa shape index (κ3) is 3.37. The summed E-state index contributed by atoms with van der Waals surface area (Å²) in [7, 11) is -3.09. The lowest BCUT2D eigenvalue weighted by Crippen LogP contribution is -2.47. The van der Waals surface area contributed by atoms with Gasteiger partial charge in [0.15, 0.2) is 21.3 Å². The Bertz CT molecular complexity index is 1060. The summed E-state index contributed by atoms with van der Waals surface area (Å²) >= 11 is 0. The van der Waals surface area contributed by atoms with Gasteiger partial charge in [0.2, 0.25) is 0 Å². The highest BCUT2D eigenvalue weighted by Gasteiger charge is 2.40. The Balaban J connectivity index is 1.64. The predicted octanol–water partition coefficient (Wildman–Crippen LogP) is 2.17. The molecule has 2 aliphatic heterocycles. The van der Waals surface area contributed by atoms with Gasteiger partial charge in [-0.05, 0) is 45.4 Å². The first-order valence-corrected chi connectivity index (χ1v) is 11.1. The normalized spacial score (nSPS) is 22.8. The van der Waals surface area contributed by atoms with Crippen molar-refractivity contribution in [1.29, 1.82) is 0 Å². The van der Waals surface area contributed by atoms with Gasteiger partial charge >= 0.3 is 0 Å². The van der Waals surface area contributed by atoms with Crippen LogP contribution >= 0.6 is 0 Å². The van der Waals surface area contributed by atoms with E-state index in [4.69, 9.17) is 9.47 Å². The van der Waals surface area contributed by atoms with Crippen molar-refractivity contribution in [1.82, 2.24) is 9.88 Å². The van der Waals surface area contributed by atoms with Gasteiger partial charge in [-0.3, -0.25) is 4.79 Å². The van der Waals surface area contributed by atoms with E-state index in [9.17, 15) is 13.2 Å². The summed E-state index contributed by atoms with van der Waals surface area (Å²) in [6.07, 6.45) is 0.433. The number of nitrogens with zero attached hydrogens (tertiary/aromatic N) is 1. The summed E-state index contributed by atoms with van der Waals surface area (Å²) in [5.74, 6) is 1.24. The molecule has 2 aliphatic rings. The Labute approximate surface area is 164 Å². The topological polar surface area (TPSA) is 86.6 Å². The summed E-state index contributed by atoms with van der Waals surface area (Å²) in [5, 5.41) is 2.93. The fourth-order valence-corrected chi connectivity index (χ4v) is 6.10. The third-order valence-electron chi connectivity index (χ3n) is 5.38. The van der Waals surface area contributed by atoms with E-state index in [0.717, 1.165) is 17.1 Å². The molecule has 0 aliphatic carbocycles. The van der Waals surface area contributed by atoms with E-state index in [2.05, 4.69) is 5.32 Å². The standard InChI is InChI=1S/C20H24N2O5S/c1-13-10-16(19(23)21-20(3)6-9-28(24,25)12-20)14(2)22(13)15-4-5-17-18(11-15)27-8-7-26-17/h4-5,10-11H,6-9,12H2,1-3H3,(H,21,23)/t20-/m0/s1. The largest absolute Gasteiger partial charge is 0.486 e. The van der Waals surface area contributed by atoms with Gasteiger partial charge in [-0.2, -0.15) is 0 Å². The molecular formula is C20H24N2O5S. The van der Waals surface area contributed by atoms with Crippen molar-refractivity contribution in [2.75, 3.05) is 24.7 Å². The number of benzene rings is 1. The van der Waals surface area contributed by atoms with Crippen LogP contribution in [0.25, 0.3) is 5.69 Å². The number of hydrogen-bond donors (Lipinski definition) is 1. The lowest BCUT2D eigenvalue weighted by molar-refractivity contribution is 0.0915. The van der Waals surface area contributed by atoms with E-state index >= 15 is 0 Å². The van der Waals surface area contributed by atoms with Crippen LogP contribution in [0, 0.1) is 13.8 Å². The van der Waals surface area contributed by atoms with Crippen LogP contribution < -0.4 is 14.8 Å². The Morgan fingerprint density at radius 2 is 1.86 bits per heavy atom. The number of nitrogens with one attached hydrogen (secondary N) is 1. The smallest absolute Gasteiger partial charge is 0.253 e. The van der Waals surface area contributed by atoms with Crippen molar-refractivity contribution in [3.63, 3.8) is 0 Å². The summed E-state index contributed by atoms with van der Waals surface area (Å²) in [4.78, 5) is 12.9. The lowest BCUT2D eigenvalue weighted by Gasteiger charge is -2.24. The third-order valence-corrected chi connectivity index (χ3v) is 7.28. The van der Waals surface area contributed by atoms with Crippen LogP contribution in [0.5, 0.6) is 11.5 Å². The predicted molar refractivity (Wildman–Crippen MR) is 105 cm³/mol. The minimum absolute atomic E-state index is 0.0212. The van der Waals surface area contributed by atoms with Crippen molar-refractivity contribution >= 4 is 15.7 Å². The van der Waals surface area contributed by atoms with Crippen molar-refractivity contribution in [3.05, 3.63) is 41.2 Å². The van der Waals surface area contributed by atoms with Crippen LogP contribution in [0.3, 0.4) is 0 Å². The molecule has 1 fully saturated rings. The number of hydrogen-bond acceptors (Lipinski definition) is 5. The molecule has 1 amide bonds. The fourth-order valence-electron chi connectivity index (χ4n) is 4.01. The second kappa shape index (κ2) is 6.55. The fraction of sp³-hybridized carbons (Fsp3) is 0.450. The maximum Gasteiger partial charge on any atom is 0.253 e. The molecular weight excluding hydrogens is 380 g/mol. The molecule has 8 heteroatoms. The van der Waals surface area contributed by atoms with Crippen LogP contribution in [0.2, 0.25) is 0 Å². The molecule has 1 aromatic carbocycles. The molecule has 0 unspecified atom stereocenters. The molecule has 1 N–H and O–H groups in total. The second-order valence-electron chi connectivity index (χ2n) is 7.80. The highest BCUT2D eigenvalue weighted by atomic mass is 32.2. The SMILES string of the molecule is Cc1cc(C(=O)N[C@@]2(C)CCS(=O)(=O)C2)c(C)n1-c1ccc2c(c1)OCCO2. The van der Waals surface area contributed by atoms with Crippen LogP contribution in [-0.4, -0.2) is 49.2 Å². The van der Waals surface area contributed by atoms with Gasteiger partial charge in [0.05, 0.1) is 22.6 Å². The molecule has 1 atom stereocenters. The Hall–Kier alpha value is -2.48. The van der Waals surface area contributed by atoms with Crippen molar-refractivity contribution in [2.24, 2.45) is 0 Å². The zero-order chi connectivity index (χ0) is 20.1. The van der Waals surface area contributed by atoms with Crippen LogP contribution in [0.1, 0.15) is 35.1 Å². The van der Waals surface area contributed by atoms with Gasteiger partial charge in [0, 0.05) is 23.1 Å². The maximum atomic E-state index is 12.9. The molecule has 0 bridgehead atoms. The van der Waals surface area contributed by atoms with E-state index in [1.807, 2.05) is 42.7 Å². The number of carbonyl (C=O) groups is 1. The van der Waals surface area contributed by atoms with Gasteiger partial charge in [-0.15, -0.1) is 0 Å². The molecule has 2 aromatic rings. The highest BCUT2D eigenvalue weighted by Crippen LogP contribution is 2.33. The number of rotatable bonds is 3.